The van der Waals surface area contributed by atoms with E-state index < -0.39 is 0 Å². The van der Waals surface area contributed by atoms with Gasteiger partial charge in [0.15, 0.2) is 0 Å². The third-order valence-corrected chi connectivity index (χ3v) is 8.47. The molecule has 2 N–H and O–H groups in total. The van der Waals surface area contributed by atoms with Crippen molar-refractivity contribution in [3.8, 4) is 0 Å². The fourth-order valence-corrected chi connectivity index (χ4v) is 6.72. The van der Waals surface area contributed by atoms with E-state index in [-0.39, 0.29) is 10.0 Å². The summed E-state index contributed by atoms with van der Waals surface area (Å²) < 4.78 is 0. The molecule has 2 aliphatic heterocycles. The van der Waals surface area contributed by atoms with E-state index in [4.69, 9.17) is 5.73 Å². The van der Waals surface area contributed by atoms with Gasteiger partial charge >= 0.3 is 0 Å². The normalized spacial score (nSPS) is 48.2. The molecule has 1 nitrogen and oxygen atoms in total. The van der Waals surface area contributed by atoms with Crippen LogP contribution in [-0.2, 0) is 0 Å². The molecular formula is C7H15NS. The molecule has 54 valence electrons. The Hall–Kier alpha value is 0.310. The first-order chi connectivity index (χ1) is 4.31. The minimum Gasteiger partial charge on any atom is -0.329 e. The summed E-state index contributed by atoms with van der Waals surface area (Å²) in [5.74, 6) is 3.10. The highest BCUT2D eigenvalue weighted by molar-refractivity contribution is 8.41. The Morgan fingerprint density at radius 2 is 2.22 bits per heavy atom. The highest BCUT2D eigenvalue weighted by Gasteiger charge is 2.58. The number of nitrogens with two attached hydrogens (primary N) is 1. The van der Waals surface area contributed by atoms with Gasteiger partial charge in [-0.05, 0) is 23.2 Å². The fraction of sp³-hybridized carbons (Fsp3) is 1.00. The average Bonchev–Trinajstić information content (AvgIpc) is 2.34. The average molecular weight is 145 g/mol. The first-order valence-electron chi connectivity index (χ1n) is 3.78. The molecule has 0 radical (unpaired) electrons. The molecule has 9 heavy (non-hydrogen) atoms. The van der Waals surface area contributed by atoms with Crippen molar-refractivity contribution in [2.75, 3.05) is 18.1 Å². The molecule has 0 aromatic heterocycles. The van der Waals surface area contributed by atoms with Crippen LogP contribution in [0.25, 0.3) is 0 Å². The van der Waals surface area contributed by atoms with Crippen LogP contribution in [0.4, 0.5) is 0 Å². The van der Waals surface area contributed by atoms with E-state index >= 15 is 0 Å². The predicted octanol–water partition coefficient (Wildman–Crippen LogP) is 0.924. The quantitative estimate of drug-likeness (QED) is 0.546. The van der Waals surface area contributed by atoms with Crippen LogP contribution >= 0.6 is 10.0 Å². The second kappa shape index (κ2) is 1.67. The fourth-order valence-electron chi connectivity index (χ4n) is 2.17. The molecule has 2 saturated heterocycles. The predicted molar refractivity (Wildman–Crippen MR) is 44.2 cm³/mol. The zero-order chi connectivity index (χ0) is 6.48. The second-order valence-electron chi connectivity index (χ2n) is 3.25. The smallest absolute Gasteiger partial charge is 0.0116 e. The lowest BCUT2D eigenvalue weighted by atomic mass is 10.3. The second-order valence-corrected chi connectivity index (χ2v) is 7.43. The molecule has 0 bridgehead atoms. The Balaban J connectivity index is 2.02. The first kappa shape index (κ1) is 6.05. The van der Waals surface area contributed by atoms with Crippen molar-refractivity contribution in [2.45, 2.75) is 23.8 Å². The Morgan fingerprint density at radius 1 is 1.56 bits per heavy atom. The SMILES string of the molecule is CC1C(CN)S12CCC2. The van der Waals surface area contributed by atoms with Gasteiger partial charge in [-0.3, -0.25) is 0 Å². The molecule has 0 saturated carbocycles. The molecule has 2 heterocycles. The van der Waals surface area contributed by atoms with Crippen LogP contribution in [-0.4, -0.2) is 28.6 Å². The van der Waals surface area contributed by atoms with Gasteiger partial charge in [-0.1, -0.05) is 6.92 Å². The third kappa shape index (κ3) is 0.560. The van der Waals surface area contributed by atoms with E-state index in [0.29, 0.717) is 0 Å². The molecule has 0 amide bonds. The van der Waals surface area contributed by atoms with E-state index in [9.17, 15) is 0 Å². The van der Waals surface area contributed by atoms with Crippen LogP contribution in [0.3, 0.4) is 0 Å². The van der Waals surface area contributed by atoms with Crippen molar-refractivity contribution >= 4 is 10.0 Å². The van der Waals surface area contributed by atoms with Crippen molar-refractivity contribution < 1.29 is 0 Å². The molecule has 2 rings (SSSR count). The Labute approximate surface area is 58.3 Å². The summed E-state index contributed by atoms with van der Waals surface area (Å²) in [5.41, 5.74) is 5.63. The van der Waals surface area contributed by atoms with Crippen LogP contribution < -0.4 is 5.73 Å². The summed E-state index contributed by atoms with van der Waals surface area (Å²) in [5, 5.41) is 2.02. The Morgan fingerprint density at radius 3 is 2.33 bits per heavy atom. The van der Waals surface area contributed by atoms with Gasteiger partial charge in [-0.2, -0.15) is 0 Å². The lowest BCUT2D eigenvalue weighted by molar-refractivity contribution is 0.931. The third-order valence-electron chi connectivity index (χ3n) is 3.07. The molecule has 2 fully saturated rings. The first-order valence-corrected chi connectivity index (χ1v) is 5.87. The monoisotopic (exact) mass is 145 g/mol. The maximum absolute atomic E-state index is 5.63. The molecule has 2 atom stereocenters. The number of hydrogen-bond donors (Lipinski definition) is 1. The Bertz CT molecular complexity index is 131. The van der Waals surface area contributed by atoms with Crippen molar-refractivity contribution in [1.82, 2.24) is 0 Å². The summed E-state index contributed by atoms with van der Waals surface area (Å²) in [6.07, 6.45) is 1.50. The molecule has 0 aromatic rings. The minimum absolute atomic E-state index is 0.0260. The van der Waals surface area contributed by atoms with Crippen molar-refractivity contribution in [3.63, 3.8) is 0 Å². The lowest BCUT2D eigenvalue weighted by Gasteiger charge is -2.33. The Kier molecular flexibility index (Phi) is 1.12. The van der Waals surface area contributed by atoms with Crippen molar-refractivity contribution in [1.29, 1.82) is 0 Å². The van der Waals surface area contributed by atoms with Gasteiger partial charge in [-0.25, -0.2) is 10.0 Å². The summed E-state index contributed by atoms with van der Waals surface area (Å²) in [7, 11) is -0.0260. The van der Waals surface area contributed by atoms with Crippen molar-refractivity contribution in [2.24, 2.45) is 5.73 Å². The molecule has 2 heteroatoms. The summed E-state index contributed by atoms with van der Waals surface area (Å²) in [4.78, 5) is 0. The van der Waals surface area contributed by atoms with Gasteiger partial charge in [-0.15, -0.1) is 0 Å². The van der Waals surface area contributed by atoms with Crippen LogP contribution in [0.1, 0.15) is 13.3 Å². The summed E-state index contributed by atoms with van der Waals surface area (Å²) in [6.45, 7) is 3.36. The van der Waals surface area contributed by atoms with Gasteiger partial charge < -0.3 is 5.73 Å². The molecule has 2 aliphatic rings. The van der Waals surface area contributed by atoms with Crippen LogP contribution in [0.5, 0.6) is 0 Å². The van der Waals surface area contributed by atoms with Gasteiger partial charge in [0.25, 0.3) is 0 Å². The highest BCUT2D eigenvalue weighted by Crippen LogP contribution is 2.79. The van der Waals surface area contributed by atoms with Gasteiger partial charge in [0, 0.05) is 11.8 Å². The summed E-state index contributed by atoms with van der Waals surface area (Å²) >= 11 is 0. The van der Waals surface area contributed by atoms with Gasteiger partial charge in [0.2, 0.25) is 0 Å². The molecule has 2 unspecified atom stereocenters. The number of rotatable bonds is 1. The minimum atomic E-state index is -0.0260. The van der Waals surface area contributed by atoms with E-state index in [1.165, 1.54) is 6.42 Å². The van der Waals surface area contributed by atoms with Crippen LogP contribution in [0, 0.1) is 0 Å². The van der Waals surface area contributed by atoms with Crippen LogP contribution in [0.15, 0.2) is 0 Å². The number of hydrogen-bond acceptors (Lipinski definition) is 1. The molecular weight excluding hydrogens is 130 g/mol. The van der Waals surface area contributed by atoms with E-state index in [2.05, 4.69) is 6.92 Å². The van der Waals surface area contributed by atoms with Crippen LogP contribution in [0.2, 0.25) is 0 Å². The van der Waals surface area contributed by atoms with E-state index in [0.717, 1.165) is 17.0 Å². The van der Waals surface area contributed by atoms with Gasteiger partial charge in [0.1, 0.15) is 0 Å². The molecule has 1 spiro atoms. The molecule has 0 aliphatic carbocycles. The summed E-state index contributed by atoms with van der Waals surface area (Å²) in [6, 6.07) is 0. The zero-order valence-corrected chi connectivity index (χ0v) is 6.79. The maximum Gasteiger partial charge on any atom is 0.0116 e. The molecule has 0 aromatic carbocycles. The van der Waals surface area contributed by atoms with E-state index in [1.54, 1.807) is 11.5 Å². The largest absolute Gasteiger partial charge is 0.329 e. The topological polar surface area (TPSA) is 26.0 Å². The van der Waals surface area contributed by atoms with Gasteiger partial charge in [0.05, 0.1) is 0 Å². The maximum atomic E-state index is 5.63. The van der Waals surface area contributed by atoms with E-state index in [1.807, 2.05) is 0 Å². The highest BCUT2D eigenvalue weighted by atomic mass is 32.3. The standard InChI is InChI=1S/C7H15NS/c1-6-7(5-8)9(6)3-2-4-9/h6-7H,2-5,8H2,1H3. The lowest BCUT2D eigenvalue weighted by Crippen LogP contribution is -2.16. The zero-order valence-electron chi connectivity index (χ0n) is 5.97. The van der Waals surface area contributed by atoms with Crippen molar-refractivity contribution in [3.05, 3.63) is 0 Å².